The lowest BCUT2D eigenvalue weighted by atomic mass is 9.85. The number of hydrogen-bond donors (Lipinski definition) is 4. The minimum Gasteiger partial charge on any atom is -0.491 e. The fraction of sp³-hybridized carbons (Fsp3) is 0.289. The third-order valence-corrected chi connectivity index (χ3v) is 11.0. The SMILES string of the molecule is Cn1cc(-c2ccnc(NC(=O)c3c(F)cc(C(C)(C)C)cc3C=N)c2CO)cc(Nc2cc3n(n2)CCN(C(=O)CCOCCOc2cccc(C(=O)c4cscn4)c2)C3)c1=O. The number of nitrogens with one attached hydrogen (secondary N) is 3. The van der Waals surface area contributed by atoms with E-state index in [0.717, 1.165) is 11.9 Å². The number of fused-ring (bicyclic) bond motifs is 1. The number of aryl methyl sites for hydroxylation is 1. The summed E-state index contributed by atoms with van der Waals surface area (Å²) >= 11 is 1.35. The normalized spacial score (nSPS) is 12.4. The number of carbonyl (C=O) groups is 3. The Morgan fingerprint density at radius 1 is 1.05 bits per heavy atom. The minimum absolute atomic E-state index is 0.0137. The Labute approximate surface area is 365 Å². The van der Waals surface area contributed by atoms with Crippen molar-refractivity contribution in [1.29, 1.82) is 5.41 Å². The third kappa shape index (κ3) is 10.1. The fourth-order valence-electron chi connectivity index (χ4n) is 7.08. The number of ether oxygens (including phenoxy) is 2. The molecule has 326 valence electrons. The molecule has 4 aromatic heterocycles. The monoisotopic (exact) mass is 875 g/mol. The van der Waals surface area contributed by atoms with Gasteiger partial charge in [-0.3, -0.25) is 23.9 Å². The van der Waals surface area contributed by atoms with E-state index < -0.39 is 23.7 Å². The zero-order chi connectivity index (χ0) is 44.8. The molecule has 0 atom stereocenters. The number of amides is 2. The number of aliphatic hydroxyl groups is 1. The number of benzene rings is 2. The van der Waals surface area contributed by atoms with Crippen LogP contribution in [0.2, 0.25) is 0 Å². The molecule has 63 heavy (non-hydrogen) atoms. The quantitative estimate of drug-likeness (QED) is 0.0498. The van der Waals surface area contributed by atoms with E-state index in [0.29, 0.717) is 59.1 Å². The standard InChI is InChI=1S/C45H46FN9O7S/c1-45(2,3)30-16-28(21-47)40(35(46)19-30)43(59)51-42-34(24-56)33(8-10-48-42)29-18-36(44(60)53(4)22-29)50-38-20-31-23-54(11-12-55(31)52-38)39(57)9-13-61-14-15-62-32-7-5-6-27(17-32)41(58)37-25-63-26-49-37/h5-8,10,16-22,25-26,47,56H,9,11-15,23-24H2,1-4H3,(H,50,52)(H,48,51,59). The number of rotatable bonds is 16. The van der Waals surface area contributed by atoms with Gasteiger partial charge < -0.3 is 40.1 Å². The van der Waals surface area contributed by atoms with Crippen molar-refractivity contribution in [3.63, 3.8) is 0 Å². The van der Waals surface area contributed by atoms with Gasteiger partial charge in [-0.1, -0.05) is 32.9 Å². The number of pyridine rings is 2. The van der Waals surface area contributed by atoms with Crippen LogP contribution in [0.1, 0.15) is 76.0 Å². The molecule has 0 bridgehead atoms. The van der Waals surface area contributed by atoms with E-state index in [4.69, 9.17) is 14.9 Å². The maximum absolute atomic E-state index is 15.4. The molecule has 1 aliphatic heterocycles. The largest absolute Gasteiger partial charge is 0.491 e. The van der Waals surface area contributed by atoms with Crippen LogP contribution in [0.15, 0.2) is 82.7 Å². The molecule has 1 aliphatic rings. The molecular weight excluding hydrogens is 830 g/mol. The summed E-state index contributed by atoms with van der Waals surface area (Å²) in [5, 5.41) is 30.4. The van der Waals surface area contributed by atoms with Crippen LogP contribution >= 0.6 is 11.3 Å². The lowest BCUT2D eigenvalue weighted by Gasteiger charge is -2.27. The fourth-order valence-corrected chi connectivity index (χ4v) is 7.61. The van der Waals surface area contributed by atoms with Crippen molar-refractivity contribution in [2.24, 2.45) is 7.05 Å². The lowest BCUT2D eigenvalue weighted by molar-refractivity contribution is -0.133. The highest BCUT2D eigenvalue weighted by Crippen LogP contribution is 2.31. The number of nitrogens with zero attached hydrogens (tertiary/aromatic N) is 6. The van der Waals surface area contributed by atoms with Crippen LogP contribution in [0.25, 0.3) is 11.1 Å². The highest BCUT2D eigenvalue weighted by Gasteiger charge is 2.25. The Kier molecular flexibility index (Phi) is 13.3. The second kappa shape index (κ2) is 19.0. The molecule has 2 amide bonds. The summed E-state index contributed by atoms with van der Waals surface area (Å²) in [5.74, 6) is -0.988. The number of thiazole rings is 1. The summed E-state index contributed by atoms with van der Waals surface area (Å²) in [7, 11) is 1.58. The molecule has 5 heterocycles. The lowest BCUT2D eigenvalue weighted by Crippen LogP contribution is -2.38. The van der Waals surface area contributed by atoms with E-state index in [2.05, 4.69) is 25.7 Å². The molecular formula is C45H46FN9O7S. The van der Waals surface area contributed by atoms with Gasteiger partial charge >= 0.3 is 0 Å². The average Bonchev–Trinajstić information content (AvgIpc) is 3.96. The molecule has 0 radical (unpaired) electrons. The zero-order valence-corrected chi connectivity index (χ0v) is 35.9. The van der Waals surface area contributed by atoms with Crippen LogP contribution in [0.4, 0.5) is 21.7 Å². The second-order valence-corrected chi connectivity index (χ2v) is 16.5. The molecule has 7 rings (SSSR count). The molecule has 0 unspecified atom stereocenters. The summed E-state index contributed by atoms with van der Waals surface area (Å²) in [4.78, 5) is 62.6. The van der Waals surface area contributed by atoms with E-state index >= 15 is 4.39 Å². The molecule has 0 saturated carbocycles. The first-order valence-corrected chi connectivity index (χ1v) is 21.0. The van der Waals surface area contributed by atoms with Gasteiger partial charge in [0.25, 0.3) is 11.5 Å². The van der Waals surface area contributed by atoms with Gasteiger partial charge in [0, 0.05) is 65.9 Å². The molecule has 2 aromatic carbocycles. The smallest absolute Gasteiger partial charge is 0.274 e. The van der Waals surface area contributed by atoms with E-state index in [-0.39, 0.29) is 71.7 Å². The second-order valence-electron chi connectivity index (χ2n) is 15.8. The highest BCUT2D eigenvalue weighted by atomic mass is 32.1. The van der Waals surface area contributed by atoms with Crippen LogP contribution in [0, 0.1) is 11.2 Å². The van der Waals surface area contributed by atoms with Gasteiger partial charge in [0.1, 0.15) is 35.4 Å². The predicted octanol–water partition coefficient (Wildman–Crippen LogP) is 6.08. The molecule has 4 N–H and O–H groups in total. The van der Waals surface area contributed by atoms with E-state index in [1.807, 2.05) is 20.8 Å². The molecule has 0 saturated heterocycles. The number of aromatic nitrogens is 5. The van der Waals surface area contributed by atoms with Gasteiger partial charge in [0.05, 0.1) is 56.1 Å². The van der Waals surface area contributed by atoms with Gasteiger partial charge in [-0.15, -0.1) is 11.3 Å². The maximum atomic E-state index is 15.4. The van der Waals surface area contributed by atoms with Crippen molar-refractivity contribution >= 4 is 52.5 Å². The van der Waals surface area contributed by atoms with E-state index in [1.54, 1.807) is 82.2 Å². The first-order chi connectivity index (χ1) is 30.2. The van der Waals surface area contributed by atoms with Crippen LogP contribution in [-0.2, 0) is 41.7 Å². The Balaban J connectivity index is 0.960. The number of halogens is 1. The first-order valence-electron chi connectivity index (χ1n) is 20.0. The number of carbonyl (C=O) groups excluding carboxylic acids is 3. The first kappa shape index (κ1) is 44.2. The maximum Gasteiger partial charge on any atom is 0.274 e. The van der Waals surface area contributed by atoms with Crippen molar-refractivity contribution in [3.8, 4) is 16.9 Å². The summed E-state index contributed by atoms with van der Waals surface area (Å²) in [6, 6.07) is 14.7. The Hall–Kier alpha value is -6.89. The van der Waals surface area contributed by atoms with Gasteiger partial charge in [0.2, 0.25) is 11.7 Å². The number of aliphatic hydroxyl groups excluding tert-OH is 1. The Morgan fingerprint density at radius 3 is 2.62 bits per heavy atom. The van der Waals surface area contributed by atoms with Crippen LogP contribution < -0.4 is 20.9 Å². The summed E-state index contributed by atoms with van der Waals surface area (Å²) in [5.41, 5.74) is 4.22. The van der Waals surface area contributed by atoms with E-state index in [1.165, 1.54) is 28.2 Å². The third-order valence-electron chi connectivity index (χ3n) is 10.4. The van der Waals surface area contributed by atoms with Gasteiger partial charge in [-0.25, -0.2) is 14.4 Å². The van der Waals surface area contributed by atoms with Crippen molar-refractivity contribution < 1.29 is 33.4 Å². The van der Waals surface area contributed by atoms with E-state index in [9.17, 15) is 24.3 Å². The van der Waals surface area contributed by atoms with Gasteiger partial charge in [-0.2, -0.15) is 5.10 Å². The zero-order valence-electron chi connectivity index (χ0n) is 35.1. The topological polar surface area (TPSA) is 207 Å². The average molecular weight is 876 g/mol. The van der Waals surface area contributed by atoms with Crippen molar-refractivity contribution in [2.45, 2.75) is 52.3 Å². The summed E-state index contributed by atoms with van der Waals surface area (Å²) < 4.78 is 30.0. The molecule has 0 fully saturated rings. The highest BCUT2D eigenvalue weighted by molar-refractivity contribution is 7.07. The van der Waals surface area contributed by atoms with Crippen LogP contribution in [-0.4, -0.2) is 84.5 Å². The molecule has 16 nitrogen and oxygen atoms in total. The number of hydrogen-bond acceptors (Lipinski definition) is 13. The van der Waals surface area contributed by atoms with Crippen LogP contribution in [0.3, 0.4) is 0 Å². The predicted molar refractivity (Wildman–Crippen MR) is 236 cm³/mol. The number of anilines is 3. The molecule has 6 aromatic rings. The molecule has 0 spiro atoms. The van der Waals surface area contributed by atoms with Gasteiger partial charge in [-0.05, 0) is 52.9 Å². The minimum atomic E-state index is -0.838. The van der Waals surface area contributed by atoms with Crippen molar-refractivity contribution in [1.82, 2.24) is 29.2 Å². The number of ketones is 1. The Bertz CT molecular complexity index is 2740. The summed E-state index contributed by atoms with van der Waals surface area (Å²) in [6.45, 7) is 7.03. The Morgan fingerprint density at radius 2 is 1.87 bits per heavy atom. The summed E-state index contributed by atoms with van der Waals surface area (Å²) in [6.07, 6.45) is 4.10. The molecule has 0 aliphatic carbocycles. The van der Waals surface area contributed by atoms with Crippen LogP contribution in [0.5, 0.6) is 5.75 Å². The van der Waals surface area contributed by atoms with Crippen molar-refractivity contribution in [2.75, 3.05) is 37.0 Å². The van der Waals surface area contributed by atoms with Crippen molar-refractivity contribution in [3.05, 3.63) is 133 Å². The van der Waals surface area contributed by atoms with Gasteiger partial charge in [0.15, 0.2) is 5.82 Å². The molecule has 18 heteroatoms.